The molecule has 0 spiro atoms. The zero-order chi connectivity index (χ0) is 17.8. The molecule has 1 saturated heterocycles. The fourth-order valence-electron chi connectivity index (χ4n) is 3.81. The highest BCUT2D eigenvalue weighted by atomic mass is 127. The molecular weight excluding hydrogens is 433 g/mol. The van der Waals surface area contributed by atoms with Gasteiger partial charge in [-0.3, -0.25) is 0 Å². The maximum atomic E-state index is 12.1. The van der Waals surface area contributed by atoms with Gasteiger partial charge in [0.15, 0.2) is 0 Å². The van der Waals surface area contributed by atoms with Crippen LogP contribution >= 0.6 is 22.6 Å². The number of halogens is 1. The molecule has 0 bridgehead atoms. The van der Waals surface area contributed by atoms with Crippen LogP contribution in [-0.4, -0.2) is 54.4 Å². The molecule has 2 unspecified atom stereocenters. The van der Waals surface area contributed by atoms with Crippen LogP contribution in [0.4, 0.5) is 5.82 Å². The Morgan fingerprint density at radius 2 is 2.04 bits per heavy atom. The van der Waals surface area contributed by atoms with E-state index in [1.165, 1.54) is 13.5 Å². The third kappa shape index (κ3) is 4.62. The number of carbonyl (C=O) groups excluding carboxylic acids is 1. The molecule has 7 heteroatoms. The number of rotatable bonds is 4. The number of hydrogen-bond donors (Lipinski definition) is 2. The fourth-order valence-corrected chi connectivity index (χ4v) is 4.26. The summed E-state index contributed by atoms with van der Waals surface area (Å²) >= 11 is 2.16. The minimum Gasteiger partial charge on any atom is -0.465 e. The smallest absolute Gasteiger partial charge is 0.341 e. The van der Waals surface area contributed by atoms with Crippen LogP contribution in [0.3, 0.4) is 0 Å². The lowest BCUT2D eigenvalue weighted by molar-refractivity contribution is 0.0600. The van der Waals surface area contributed by atoms with E-state index in [1.807, 2.05) is 6.07 Å². The Kier molecular flexibility index (Phi) is 6.51. The summed E-state index contributed by atoms with van der Waals surface area (Å²) in [6.07, 6.45) is 7.84. The second-order valence-electron chi connectivity index (χ2n) is 6.90. The Hall–Kier alpha value is -0.930. The minimum absolute atomic E-state index is 0.212. The van der Waals surface area contributed by atoms with Gasteiger partial charge in [-0.2, -0.15) is 0 Å². The van der Waals surface area contributed by atoms with Crippen molar-refractivity contribution in [3.63, 3.8) is 0 Å². The van der Waals surface area contributed by atoms with E-state index in [1.54, 1.807) is 6.20 Å². The summed E-state index contributed by atoms with van der Waals surface area (Å²) in [7, 11) is 1.40. The average molecular weight is 459 g/mol. The van der Waals surface area contributed by atoms with E-state index in [0.29, 0.717) is 17.4 Å². The van der Waals surface area contributed by atoms with Crippen LogP contribution in [0, 0.1) is 3.57 Å². The van der Waals surface area contributed by atoms with Gasteiger partial charge in [0.2, 0.25) is 0 Å². The highest BCUT2D eigenvalue weighted by molar-refractivity contribution is 14.1. The summed E-state index contributed by atoms with van der Waals surface area (Å²) in [5.74, 6) is 0.370. The molecular formula is C18H26IN3O3. The van der Waals surface area contributed by atoms with E-state index >= 15 is 0 Å². The second kappa shape index (κ2) is 8.64. The average Bonchev–Trinajstić information content (AvgIpc) is 2.63. The number of anilines is 1. The molecule has 138 valence electrons. The lowest BCUT2D eigenvalue weighted by Crippen LogP contribution is -2.51. The topological polar surface area (TPSA) is 74.7 Å². The first-order valence-corrected chi connectivity index (χ1v) is 10.1. The van der Waals surface area contributed by atoms with Gasteiger partial charge in [-0.1, -0.05) is 12.8 Å². The number of carbonyl (C=O) groups is 1. The number of methoxy groups -OCH3 is 1. The zero-order valence-corrected chi connectivity index (χ0v) is 16.7. The Morgan fingerprint density at radius 3 is 2.72 bits per heavy atom. The maximum absolute atomic E-state index is 12.1. The van der Waals surface area contributed by atoms with Crippen molar-refractivity contribution in [1.29, 1.82) is 0 Å². The summed E-state index contributed by atoms with van der Waals surface area (Å²) in [5.41, 5.74) is 0.531. The number of ether oxygens (including phenoxy) is 1. The SMILES string of the molecule is COC(=O)c1cc(I)cnc1N1CCC(NC2CCCCC2O)CC1. The molecule has 25 heavy (non-hydrogen) atoms. The van der Waals surface area contributed by atoms with Crippen molar-refractivity contribution >= 4 is 34.4 Å². The van der Waals surface area contributed by atoms with E-state index in [-0.39, 0.29) is 18.1 Å². The van der Waals surface area contributed by atoms with Crippen LogP contribution in [0.5, 0.6) is 0 Å². The molecule has 2 aliphatic rings. The Balaban J connectivity index is 1.61. The molecule has 1 aromatic heterocycles. The molecule has 6 nitrogen and oxygen atoms in total. The van der Waals surface area contributed by atoms with Crippen LogP contribution in [0.15, 0.2) is 12.3 Å². The first kappa shape index (κ1) is 18.8. The standard InChI is InChI=1S/C18H26IN3O3/c1-25-18(24)14-10-12(19)11-20-17(14)22-8-6-13(7-9-22)21-15-4-2-3-5-16(15)23/h10-11,13,15-16,21,23H,2-9H2,1H3. The summed E-state index contributed by atoms with van der Waals surface area (Å²) in [5, 5.41) is 13.8. The number of pyridine rings is 1. The fraction of sp³-hybridized carbons (Fsp3) is 0.667. The Bertz CT molecular complexity index is 605. The number of esters is 1. The first-order chi connectivity index (χ1) is 12.1. The lowest BCUT2D eigenvalue weighted by atomic mass is 9.91. The molecule has 0 amide bonds. The van der Waals surface area contributed by atoms with Crippen LogP contribution in [-0.2, 0) is 4.74 Å². The van der Waals surface area contributed by atoms with Crippen LogP contribution in [0.25, 0.3) is 0 Å². The number of aromatic nitrogens is 1. The third-order valence-electron chi connectivity index (χ3n) is 5.21. The number of hydrogen-bond acceptors (Lipinski definition) is 6. The molecule has 2 fully saturated rings. The van der Waals surface area contributed by atoms with Crippen LogP contribution < -0.4 is 10.2 Å². The van der Waals surface area contributed by atoms with Gasteiger partial charge < -0.3 is 20.1 Å². The molecule has 3 rings (SSSR count). The predicted octanol–water partition coefficient (Wildman–Crippen LogP) is 2.33. The van der Waals surface area contributed by atoms with Crippen molar-refractivity contribution < 1.29 is 14.6 Å². The van der Waals surface area contributed by atoms with Gasteiger partial charge in [-0.25, -0.2) is 9.78 Å². The minimum atomic E-state index is -0.341. The molecule has 1 aliphatic carbocycles. The molecule has 2 heterocycles. The Morgan fingerprint density at radius 1 is 1.32 bits per heavy atom. The highest BCUT2D eigenvalue weighted by Gasteiger charge is 2.29. The van der Waals surface area contributed by atoms with Gasteiger partial charge in [0.05, 0.1) is 13.2 Å². The van der Waals surface area contributed by atoms with E-state index in [4.69, 9.17) is 4.74 Å². The van der Waals surface area contributed by atoms with Gasteiger partial charge >= 0.3 is 5.97 Å². The number of aliphatic hydroxyl groups excluding tert-OH is 1. The van der Waals surface area contributed by atoms with E-state index in [9.17, 15) is 9.90 Å². The summed E-state index contributed by atoms with van der Waals surface area (Å²) in [6, 6.07) is 2.48. The predicted molar refractivity (Wildman–Crippen MR) is 105 cm³/mol. The molecule has 0 aromatic carbocycles. The van der Waals surface area contributed by atoms with Gasteiger partial charge in [0.1, 0.15) is 11.4 Å². The summed E-state index contributed by atoms with van der Waals surface area (Å²) in [6.45, 7) is 1.69. The monoisotopic (exact) mass is 459 g/mol. The normalized spacial score (nSPS) is 25.0. The number of nitrogens with one attached hydrogen (secondary N) is 1. The largest absolute Gasteiger partial charge is 0.465 e. The van der Waals surface area contributed by atoms with Gasteiger partial charge in [0.25, 0.3) is 0 Å². The number of nitrogens with zero attached hydrogens (tertiary/aromatic N) is 2. The second-order valence-corrected chi connectivity index (χ2v) is 8.15. The summed E-state index contributed by atoms with van der Waals surface area (Å²) in [4.78, 5) is 18.7. The number of piperidine rings is 1. The maximum Gasteiger partial charge on any atom is 0.341 e. The summed E-state index contributed by atoms with van der Waals surface area (Å²) < 4.78 is 5.83. The van der Waals surface area contributed by atoms with Crippen molar-refractivity contribution in [3.8, 4) is 0 Å². The van der Waals surface area contributed by atoms with Gasteiger partial charge in [0, 0.05) is 34.9 Å². The third-order valence-corrected chi connectivity index (χ3v) is 5.80. The highest BCUT2D eigenvalue weighted by Crippen LogP contribution is 2.25. The van der Waals surface area contributed by atoms with Crippen molar-refractivity contribution in [2.45, 2.75) is 56.7 Å². The first-order valence-electron chi connectivity index (χ1n) is 9.01. The van der Waals surface area contributed by atoms with E-state index < -0.39 is 0 Å². The van der Waals surface area contributed by atoms with Gasteiger partial charge in [-0.05, 0) is 54.3 Å². The van der Waals surface area contributed by atoms with Crippen LogP contribution in [0.1, 0.15) is 48.9 Å². The lowest BCUT2D eigenvalue weighted by Gasteiger charge is -2.38. The van der Waals surface area contributed by atoms with Crippen molar-refractivity contribution in [1.82, 2.24) is 10.3 Å². The molecule has 1 aromatic rings. The molecule has 0 radical (unpaired) electrons. The van der Waals surface area contributed by atoms with Crippen LogP contribution in [0.2, 0.25) is 0 Å². The van der Waals surface area contributed by atoms with Crippen molar-refractivity contribution in [2.75, 3.05) is 25.1 Å². The Labute approximate surface area is 162 Å². The quantitative estimate of drug-likeness (QED) is 0.532. The van der Waals surface area contributed by atoms with E-state index in [2.05, 4.69) is 37.8 Å². The van der Waals surface area contributed by atoms with Gasteiger partial charge in [-0.15, -0.1) is 0 Å². The number of aliphatic hydroxyl groups is 1. The van der Waals surface area contributed by atoms with E-state index in [0.717, 1.165) is 48.8 Å². The molecule has 1 aliphatic heterocycles. The zero-order valence-electron chi connectivity index (χ0n) is 14.6. The van der Waals surface area contributed by atoms with Crippen molar-refractivity contribution in [2.24, 2.45) is 0 Å². The molecule has 2 atom stereocenters. The molecule has 2 N–H and O–H groups in total. The van der Waals surface area contributed by atoms with Crippen molar-refractivity contribution in [3.05, 3.63) is 21.4 Å². The molecule has 1 saturated carbocycles.